The average Bonchev–Trinajstić information content (AvgIpc) is 2.74. The molecule has 0 spiro atoms. The molecule has 7 nitrogen and oxygen atoms in total. The number of nitrogens with one attached hydrogen (secondary N) is 1. The topological polar surface area (TPSA) is 91.6 Å². The van der Waals surface area contributed by atoms with Crippen LogP contribution in [0.15, 0.2) is 23.1 Å². The third kappa shape index (κ3) is 3.32. The summed E-state index contributed by atoms with van der Waals surface area (Å²) in [6.07, 6.45) is 3.86. The van der Waals surface area contributed by atoms with Gasteiger partial charge in [-0.3, -0.25) is 14.4 Å². The zero-order valence-corrected chi connectivity index (χ0v) is 16.5. The Morgan fingerprint density at radius 2 is 2.03 bits per heavy atom. The highest BCUT2D eigenvalue weighted by Gasteiger charge is 2.37. The molecule has 2 amide bonds. The van der Waals surface area contributed by atoms with E-state index in [4.69, 9.17) is 11.6 Å². The lowest BCUT2D eigenvalue weighted by Crippen LogP contribution is -2.51. The van der Waals surface area contributed by atoms with Gasteiger partial charge in [0.25, 0.3) is 11.8 Å². The van der Waals surface area contributed by atoms with Crippen LogP contribution >= 0.6 is 11.6 Å². The van der Waals surface area contributed by atoms with Gasteiger partial charge >= 0.3 is 0 Å². The van der Waals surface area contributed by atoms with Gasteiger partial charge in [-0.05, 0) is 25.3 Å². The Labute approximate surface area is 174 Å². The maximum atomic E-state index is 14.0. The quantitative estimate of drug-likeness (QED) is 0.721. The van der Waals surface area contributed by atoms with Gasteiger partial charge in [0.1, 0.15) is 22.2 Å². The van der Waals surface area contributed by atoms with Crippen molar-refractivity contribution < 1.29 is 23.5 Å². The molecular weight excluding hydrogens is 420 g/mol. The molecule has 2 aliphatic heterocycles. The molecule has 158 valence electrons. The van der Waals surface area contributed by atoms with Crippen molar-refractivity contribution in [2.75, 3.05) is 6.54 Å². The molecule has 1 saturated heterocycles. The molecule has 0 saturated carbocycles. The molecule has 3 heterocycles. The van der Waals surface area contributed by atoms with E-state index in [1.807, 2.05) is 0 Å². The Bertz CT molecular complexity index is 1120. The number of rotatable bonds is 3. The van der Waals surface area contributed by atoms with Gasteiger partial charge < -0.3 is 19.9 Å². The summed E-state index contributed by atoms with van der Waals surface area (Å²) in [5.41, 5.74) is -1.56. The Balaban J connectivity index is 1.62. The van der Waals surface area contributed by atoms with Gasteiger partial charge in [-0.1, -0.05) is 17.7 Å². The first-order valence-corrected chi connectivity index (χ1v) is 9.85. The average molecular weight is 438 g/mol. The molecule has 0 bridgehead atoms. The van der Waals surface area contributed by atoms with E-state index in [-0.39, 0.29) is 29.4 Å². The second kappa shape index (κ2) is 7.71. The van der Waals surface area contributed by atoms with Crippen molar-refractivity contribution in [1.82, 2.24) is 14.8 Å². The molecular formula is C20H18ClF2N3O4. The summed E-state index contributed by atoms with van der Waals surface area (Å²) in [6, 6.07) is 2.03. The molecule has 1 atom stereocenters. The van der Waals surface area contributed by atoms with Crippen LogP contribution in [0, 0.1) is 11.6 Å². The molecule has 30 heavy (non-hydrogen) atoms. The fourth-order valence-electron chi connectivity index (χ4n) is 3.97. The van der Waals surface area contributed by atoms with E-state index in [1.54, 1.807) is 4.90 Å². The SMILES string of the molecule is O=C(NCc1ccc(F)c(Cl)c1F)c1cn2c(c(O)c1=O)C(=O)N1CCCC[C@H]1C2. The highest BCUT2D eigenvalue weighted by molar-refractivity contribution is 6.30. The number of piperidine rings is 1. The third-order valence-electron chi connectivity index (χ3n) is 5.55. The summed E-state index contributed by atoms with van der Waals surface area (Å²) >= 11 is 5.53. The second-order valence-corrected chi connectivity index (χ2v) is 7.76. The Kier molecular flexibility index (Phi) is 5.23. The Morgan fingerprint density at radius 3 is 2.80 bits per heavy atom. The van der Waals surface area contributed by atoms with Gasteiger partial charge in [0.15, 0.2) is 11.4 Å². The number of aromatic hydroxyl groups is 1. The van der Waals surface area contributed by atoms with Crippen LogP contribution in [-0.4, -0.2) is 39.0 Å². The van der Waals surface area contributed by atoms with Crippen molar-refractivity contribution in [3.63, 3.8) is 0 Å². The van der Waals surface area contributed by atoms with Gasteiger partial charge in [0.05, 0.1) is 0 Å². The van der Waals surface area contributed by atoms with Crippen molar-refractivity contribution in [2.45, 2.75) is 38.4 Å². The Hall–Kier alpha value is -2.94. The third-order valence-corrected chi connectivity index (χ3v) is 5.90. The van der Waals surface area contributed by atoms with E-state index >= 15 is 0 Å². The number of fused-ring (bicyclic) bond motifs is 2. The summed E-state index contributed by atoms with van der Waals surface area (Å²) in [7, 11) is 0. The normalized spacial score (nSPS) is 18.0. The van der Waals surface area contributed by atoms with Crippen LogP contribution in [0.1, 0.15) is 45.7 Å². The standard InChI is InChI=1S/C20H18ClF2N3O4/c21-14-13(22)5-4-10(15(14)23)7-24-19(29)12-9-25-8-11-3-1-2-6-26(11)20(30)16(25)18(28)17(12)27/h4-5,9,11,28H,1-3,6-8H2,(H,24,29)/t11-/m0/s1. The summed E-state index contributed by atoms with van der Waals surface area (Å²) in [4.78, 5) is 39.5. The van der Waals surface area contributed by atoms with E-state index < -0.39 is 39.6 Å². The van der Waals surface area contributed by atoms with Gasteiger partial charge in [-0.2, -0.15) is 0 Å². The first-order chi connectivity index (χ1) is 14.3. The molecule has 1 aromatic heterocycles. The molecule has 0 aliphatic carbocycles. The van der Waals surface area contributed by atoms with Crippen molar-refractivity contribution in [3.05, 3.63) is 62.0 Å². The van der Waals surface area contributed by atoms with Gasteiger partial charge in [-0.25, -0.2) is 8.78 Å². The number of carbonyl (C=O) groups is 2. The summed E-state index contributed by atoms with van der Waals surface area (Å²) in [5, 5.41) is 12.0. The Morgan fingerprint density at radius 1 is 1.27 bits per heavy atom. The van der Waals surface area contributed by atoms with Crippen molar-refractivity contribution in [2.24, 2.45) is 0 Å². The predicted octanol–water partition coefficient (Wildman–Crippen LogP) is 2.42. The second-order valence-electron chi connectivity index (χ2n) is 7.39. The van der Waals surface area contributed by atoms with E-state index in [0.717, 1.165) is 31.4 Å². The molecule has 1 fully saturated rings. The van der Waals surface area contributed by atoms with Gasteiger partial charge in [0.2, 0.25) is 5.43 Å². The fraction of sp³-hybridized carbons (Fsp3) is 0.350. The lowest BCUT2D eigenvalue weighted by Gasteiger charge is -2.40. The zero-order valence-electron chi connectivity index (χ0n) is 15.8. The molecule has 2 aromatic rings. The van der Waals surface area contributed by atoms with Crippen molar-refractivity contribution >= 4 is 23.4 Å². The van der Waals surface area contributed by atoms with Crippen LogP contribution in [0.2, 0.25) is 5.02 Å². The summed E-state index contributed by atoms with van der Waals surface area (Å²) < 4.78 is 28.7. The number of benzene rings is 1. The van der Waals surface area contributed by atoms with E-state index in [9.17, 15) is 28.3 Å². The van der Waals surface area contributed by atoms with Crippen LogP contribution < -0.4 is 10.7 Å². The van der Waals surface area contributed by atoms with Gasteiger partial charge in [-0.15, -0.1) is 0 Å². The number of pyridine rings is 1. The van der Waals surface area contributed by atoms with E-state index in [2.05, 4.69) is 5.32 Å². The van der Waals surface area contributed by atoms with Gasteiger partial charge in [0, 0.05) is 37.4 Å². The molecule has 0 radical (unpaired) electrons. The highest BCUT2D eigenvalue weighted by Crippen LogP contribution is 2.29. The fourth-order valence-corrected chi connectivity index (χ4v) is 4.16. The summed E-state index contributed by atoms with van der Waals surface area (Å²) in [5.74, 6) is -4.01. The number of hydrogen-bond acceptors (Lipinski definition) is 4. The first kappa shape index (κ1) is 20.3. The zero-order chi connectivity index (χ0) is 21.6. The van der Waals surface area contributed by atoms with Crippen LogP contribution in [0.25, 0.3) is 0 Å². The lowest BCUT2D eigenvalue weighted by molar-refractivity contribution is 0.0504. The largest absolute Gasteiger partial charge is 0.503 e. The van der Waals surface area contributed by atoms with E-state index in [1.165, 1.54) is 10.8 Å². The van der Waals surface area contributed by atoms with Crippen LogP contribution in [-0.2, 0) is 13.1 Å². The minimum Gasteiger partial charge on any atom is -0.503 e. The maximum Gasteiger partial charge on any atom is 0.274 e. The van der Waals surface area contributed by atoms with Crippen molar-refractivity contribution in [3.8, 4) is 5.75 Å². The predicted molar refractivity (Wildman–Crippen MR) is 104 cm³/mol. The monoisotopic (exact) mass is 437 g/mol. The number of carbonyl (C=O) groups excluding carboxylic acids is 2. The van der Waals surface area contributed by atoms with Crippen LogP contribution in [0.4, 0.5) is 8.78 Å². The molecule has 0 unspecified atom stereocenters. The van der Waals surface area contributed by atoms with Crippen molar-refractivity contribution in [1.29, 1.82) is 0 Å². The number of aromatic nitrogens is 1. The smallest absolute Gasteiger partial charge is 0.274 e. The van der Waals surface area contributed by atoms with Crippen LogP contribution in [0.5, 0.6) is 5.75 Å². The number of amides is 2. The molecule has 2 N–H and O–H groups in total. The highest BCUT2D eigenvalue weighted by atomic mass is 35.5. The van der Waals surface area contributed by atoms with E-state index in [0.29, 0.717) is 13.1 Å². The molecule has 10 heteroatoms. The van der Waals surface area contributed by atoms with Crippen LogP contribution in [0.3, 0.4) is 0 Å². The maximum absolute atomic E-state index is 14.0. The first-order valence-electron chi connectivity index (χ1n) is 9.47. The number of halogens is 3. The minimum absolute atomic E-state index is 0.0629. The number of hydrogen-bond donors (Lipinski definition) is 2. The lowest BCUT2D eigenvalue weighted by atomic mass is 9.98. The summed E-state index contributed by atoms with van der Waals surface area (Å²) in [6.45, 7) is 0.574. The molecule has 2 aliphatic rings. The minimum atomic E-state index is -1.01. The molecule has 1 aromatic carbocycles. The number of nitrogens with zero attached hydrogens (tertiary/aromatic N) is 2. The molecule has 4 rings (SSSR count).